The Labute approximate surface area is 99.1 Å². The van der Waals surface area contributed by atoms with Crippen molar-refractivity contribution in [1.29, 1.82) is 0 Å². The van der Waals surface area contributed by atoms with Crippen LogP contribution < -0.4 is 0 Å². The van der Waals surface area contributed by atoms with E-state index in [-0.39, 0.29) is 54.0 Å². The monoisotopic (exact) mass is 300 g/mol. The Balaban J connectivity index is -0.0000000112. The first-order valence-electron chi connectivity index (χ1n) is 1.30. The van der Waals surface area contributed by atoms with Gasteiger partial charge >= 0.3 is 16.5 Å². The first-order chi connectivity index (χ1) is 3.46. The predicted molar refractivity (Wildman–Crippen MR) is 68.4 cm³/mol. The summed E-state index contributed by atoms with van der Waals surface area (Å²) in [5.74, 6) is 0. The van der Waals surface area contributed by atoms with Gasteiger partial charge in [0.15, 0.2) is 0 Å². The van der Waals surface area contributed by atoms with E-state index < -0.39 is 16.5 Å². The SMILES string of the molecule is O=[PH](O)O.O=[PH](O)O.S.S.S.S. The fourth-order valence-electron chi connectivity index (χ4n) is 0. The standard InChI is InChI=1S/2H3O3P.4H2S/c2*1-4(2)3;;;;/h2*4H,(H2,1,2,3);4*1H2. The number of hydrogen-bond donors (Lipinski definition) is 4. The Morgan fingerprint density at radius 1 is 0.583 bits per heavy atom. The molecule has 0 aromatic carbocycles. The van der Waals surface area contributed by atoms with Crippen LogP contribution in [0.2, 0.25) is 0 Å². The maximum atomic E-state index is 8.74. The minimum absolute atomic E-state index is 0. The van der Waals surface area contributed by atoms with Gasteiger partial charge in [0, 0.05) is 0 Å². The number of hydrogen-bond acceptors (Lipinski definition) is 2. The molecule has 12 heavy (non-hydrogen) atoms. The molecule has 0 aromatic rings. The molecular weight excluding hydrogens is 286 g/mol. The van der Waals surface area contributed by atoms with E-state index in [1.165, 1.54) is 0 Å². The zero-order valence-electron chi connectivity index (χ0n) is 5.61. The summed E-state index contributed by atoms with van der Waals surface area (Å²) in [6.07, 6.45) is 0. The molecule has 0 aliphatic carbocycles. The van der Waals surface area contributed by atoms with Crippen LogP contribution >= 0.6 is 70.5 Å². The van der Waals surface area contributed by atoms with Crippen LogP contribution in [0.4, 0.5) is 0 Å². The van der Waals surface area contributed by atoms with Gasteiger partial charge in [0.2, 0.25) is 0 Å². The van der Waals surface area contributed by atoms with Gasteiger partial charge in [-0.15, -0.1) is 0 Å². The van der Waals surface area contributed by atoms with Gasteiger partial charge in [-0.05, 0) is 0 Å². The molecule has 4 N–H and O–H groups in total. The van der Waals surface area contributed by atoms with Crippen LogP contribution in [0, 0.1) is 0 Å². The summed E-state index contributed by atoms with van der Waals surface area (Å²) < 4.78 is 17.5. The molecule has 0 bridgehead atoms. The molecular formula is H14O6P2S4. The molecule has 0 spiro atoms. The molecule has 0 aliphatic heterocycles. The fraction of sp³-hybridized carbons (Fsp3) is 0. The van der Waals surface area contributed by atoms with Gasteiger partial charge in [0.05, 0.1) is 0 Å². The zero-order chi connectivity index (χ0) is 7.15. The van der Waals surface area contributed by atoms with E-state index in [1.807, 2.05) is 0 Å². The van der Waals surface area contributed by atoms with Gasteiger partial charge in [0.25, 0.3) is 0 Å². The molecule has 0 amide bonds. The summed E-state index contributed by atoms with van der Waals surface area (Å²) in [6, 6.07) is 0. The second-order valence-corrected chi connectivity index (χ2v) is 1.70. The summed E-state index contributed by atoms with van der Waals surface area (Å²) >= 11 is 0. The Bertz CT molecular complexity index is 75.5. The quantitative estimate of drug-likeness (QED) is 0.434. The molecule has 0 heterocycles. The van der Waals surface area contributed by atoms with Crippen LogP contribution in [0.3, 0.4) is 0 Å². The van der Waals surface area contributed by atoms with Crippen molar-refractivity contribution in [1.82, 2.24) is 0 Å². The van der Waals surface area contributed by atoms with E-state index in [0.717, 1.165) is 0 Å². The Morgan fingerprint density at radius 3 is 0.583 bits per heavy atom. The van der Waals surface area contributed by atoms with Gasteiger partial charge in [-0.3, -0.25) is 9.13 Å². The van der Waals surface area contributed by atoms with Crippen molar-refractivity contribution in [3.05, 3.63) is 0 Å². The second-order valence-electron chi connectivity index (χ2n) is 0.565. The summed E-state index contributed by atoms with van der Waals surface area (Å²) in [7, 11) is -6.26. The van der Waals surface area contributed by atoms with Gasteiger partial charge in [0.1, 0.15) is 0 Å². The normalized spacial score (nSPS) is 5.83. The molecule has 84 valence electrons. The molecule has 0 saturated carbocycles. The molecule has 0 aromatic heterocycles. The lowest BCUT2D eigenvalue weighted by atomic mass is 15.8. The lowest BCUT2D eigenvalue weighted by Crippen LogP contribution is -1.38. The highest BCUT2D eigenvalue weighted by molar-refractivity contribution is 7.59. The Morgan fingerprint density at radius 2 is 0.583 bits per heavy atom. The van der Waals surface area contributed by atoms with Gasteiger partial charge in [-0.1, -0.05) is 0 Å². The van der Waals surface area contributed by atoms with Crippen LogP contribution in [0.1, 0.15) is 0 Å². The largest absolute Gasteiger partial charge is 0.326 e. The van der Waals surface area contributed by atoms with E-state index in [9.17, 15) is 0 Å². The van der Waals surface area contributed by atoms with E-state index >= 15 is 0 Å². The molecule has 0 aliphatic rings. The Kier molecular flexibility index (Phi) is 91.1. The highest BCUT2D eigenvalue weighted by atomic mass is 32.1. The maximum absolute atomic E-state index is 8.74. The van der Waals surface area contributed by atoms with Gasteiger partial charge in [-0.2, -0.15) is 54.0 Å². The lowest BCUT2D eigenvalue weighted by Gasteiger charge is -1.61. The predicted octanol–water partition coefficient (Wildman–Crippen LogP) is -0.827. The summed E-state index contributed by atoms with van der Waals surface area (Å²) in [5.41, 5.74) is 0. The molecule has 0 saturated heterocycles. The molecule has 0 fully saturated rings. The number of rotatable bonds is 0. The van der Waals surface area contributed by atoms with Gasteiger partial charge < -0.3 is 19.6 Å². The van der Waals surface area contributed by atoms with E-state index in [0.29, 0.717) is 0 Å². The third-order valence-electron chi connectivity index (χ3n) is 0. The molecule has 0 atom stereocenters. The highest BCUT2D eigenvalue weighted by Crippen LogP contribution is 1.98. The third-order valence-corrected chi connectivity index (χ3v) is 0. The summed E-state index contributed by atoms with van der Waals surface area (Å²) in [5, 5.41) is 0. The van der Waals surface area contributed by atoms with Crippen molar-refractivity contribution in [2.75, 3.05) is 0 Å². The smallest absolute Gasteiger partial charge is 0.314 e. The Hall–Kier alpha value is 1.70. The summed E-state index contributed by atoms with van der Waals surface area (Å²) in [4.78, 5) is 28.6. The third kappa shape index (κ3) is 464. The van der Waals surface area contributed by atoms with E-state index in [1.54, 1.807) is 0 Å². The van der Waals surface area contributed by atoms with Crippen molar-refractivity contribution >= 4 is 70.5 Å². The van der Waals surface area contributed by atoms with Crippen LogP contribution in [0.15, 0.2) is 0 Å². The molecule has 0 rings (SSSR count). The minimum Gasteiger partial charge on any atom is -0.326 e. The van der Waals surface area contributed by atoms with Crippen molar-refractivity contribution in [2.24, 2.45) is 0 Å². The summed E-state index contributed by atoms with van der Waals surface area (Å²) in [6.45, 7) is 0. The molecule has 0 radical (unpaired) electrons. The van der Waals surface area contributed by atoms with Crippen molar-refractivity contribution in [3.63, 3.8) is 0 Å². The maximum Gasteiger partial charge on any atom is 0.314 e. The van der Waals surface area contributed by atoms with Crippen LogP contribution in [0.5, 0.6) is 0 Å². The second kappa shape index (κ2) is 29.3. The highest BCUT2D eigenvalue weighted by Gasteiger charge is 1.62. The van der Waals surface area contributed by atoms with Crippen molar-refractivity contribution in [2.45, 2.75) is 0 Å². The average Bonchev–Trinajstić information content (AvgIpc) is 1.25. The van der Waals surface area contributed by atoms with Crippen molar-refractivity contribution in [3.8, 4) is 0 Å². The van der Waals surface area contributed by atoms with E-state index in [2.05, 4.69) is 0 Å². The van der Waals surface area contributed by atoms with Crippen LogP contribution in [-0.4, -0.2) is 19.6 Å². The fourth-order valence-corrected chi connectivity index (χ4v) is 0. The minimum atomic E-state index is -3.13. The molecule has 6 nitrogen and oxygen atoms in total. The van der Waals surface area contributed by atoms with Crippen molar-refractivity contribution < 1.29 is 28.7 Å². The van der Waals surface area contributed by atoms with Crippen LogP contribution in [-0.2, 0) is 9.13 Å². The molecule has 12 heteroatoms. The molecule has 0 unspecified atom stereocenters. The average molecular weight is 300 g/mol. The van der Waals surface area contributed by atoms with Crippen LogP contribution in [0.25, 0.3) is 0 Å². The first kappa shape index (κ1) is 37.3. The lowest BCUT2D eigenvalue weighted by molar-refractivity contribution is 0.403. The van der Waals surface area contributed by atoms with E-state index in [4.69, 9.17) is 28.7 Å². The van der Waals surface area contributed by atoms with Gasteiger partial charge in [-0.25, -0.2) is 0 Å². The first-order valence-corrected chi connectivity index (χ1v) is 3.91. The zero-order valence-corrected chi connectivity index (χ0v) is 11.6. The topological polar surface area (TPSA) is 115 Å².